The highest BCUT2D eigenvalue weighted by Crippen LogP contribution is 2.52. The summed E-state index contributed by atoms with van der Waals surface area (Å²) in [4.78, 5) is 51.2. The van der Waals surface area contributed by atoms with Gasteiger partial charge in [0.2, 0.25) is 0 Å². The van der Waals surface area contributed by atoms with Crippen LogP contribution in [0, 0.1) is 12.8 Å². The number of aryl methyl sites for hydroxylation is 1. The molecule has 2 aliphatic rings. The van der Waals surface area contributed by atoms with E-state index in [1.807, 2.05) is 33.9 Å². The molecule has 1 aromatic rings. The van der Waals surface area contributed by atoms with Crippen molar-refractivity contribution in [2.75, 3.05) is 6.61 Å². The number of carbonyl (C=O) groups excluding carboxylic acids is 2. The number of hydrogen-bond acceptors (Lipinski definition) is 11. The summed E-state index contributed by atoms with van der Waals surface area (Å²) in [5.74, 6) is -0.804. The van der Waals surface area contributed by atoms with Gasteiger partial charge in [0, 0.05) is 18.3 Å². The number of hydrogen-bond donors (Lipinski definition) is 1. The lowest BCUT2D eigenvalue weighted by Gasteiger charge is -2.43. The molecule has 0 aromatic carbocycles. The Hall–Kier alpha value is -2.22. The molecule has 0 bridgehead atoms. The quantitative estimate of drug-likeness (QED) is 0.0948. The molecular weight excluding hydrogens is 723 g/mol. The van der Waals surface area contributed by atoms with Gasteiger partial charge in [-0.25, -0.2) is 8.98 Å². The molecule has 1 saturated heterocycles. The zero-order chi connectivity index (χ0) is 39.8. The van der Waals surface area contributed by atoms with Crippen molar-refractivity contribution < 1.29 is 35.8 Å². The number of nitrogens with two attached hydrogens (primary N) is 1. The number of aromatic nitrogens is 2. The first-order chi connectivity index (χ1) is 23.6. The van der Waals surface area contributed by atoms with E-state index in [0.29, 0.717) is 18.4 Å². The van der Waals surface area contributed by atoms with E-state index in [0.717, 1.165) is 31.1 Å². The van der Waals surface area contributed by atoms with Crippen molar-refractivity contribution in [1.29, 1.82) is 0 Å². The number of rotatable bonds is 16. The van der Waals surface area contributed by atoms with E-state index in [9.17, 15) is 27.6 Å². The Labute approximate surface area is 312 Å². The Balaban J connectivity index is 2.03. The summed E-state index contributed by atoms with van der Waals surface area (Å²) in [5.41, 5.74) is 3.91. The third kappa shape index (κ3) is 9.35. The average molecular weight is 786 g/mol. The van der Waals surface area contributed by atoms with Crippen molar-refractivity contribution in [1.82, 2.24) is 9.13 Å². The van der Waals surface area contributed by atoms with Gasteiger partial charge in [0.25, 0.3) is 15.7 Å². The first-order valence-electron chi connectivity index (χ1n) is 18.3. The van der Waals surface area contributed by atoms with E-state index in [-0.39, 0.29) is 40.5 Å². The number of ketones is 2. The van der Waals surface area contributed by atoms with E-state index in [4.69, 9.17) is 23.5 Å². The molecule has 2 unspecified atom stereocenters. The predicted molar refractivity (Wildman–Crippen MR) is 206 cm³/mol. The van der Waals surface area contributed by atoms with Crippen LogP contribution in [-0.4, -0.2) is 70.2 Å². The molecule has 3 rings (SSSR count). The second-order valence-corrected chi connectivity index (χ2v) is 28.6. The van der Waals surface area contributed by atoms with Crippen LogP contribution in [0.1, 0.15) is 106 Å². The van der Waals surface area contributed by atoms with Gasteiger partial charge in [-0.05, 0) is 69.9 Å². The molecule has 0 radical (unpaired) electrons. The minimum Gasteiger partial charge on any atom is -0.414 e. The lowest BCUT2D eigenvalue weighted by atomic mass is 9.89. The lowest BCUT2D eigenvalue weighted by Crippen LogP contribution is -2.59. The van der Waals surface area contributed by atoms with Crippen LogP contribution in [0.25, 0.3) is 0 Å². The monoisotopic (exact) mass is 785 g/mol. The van der Waals surface area contributed by atoms with Gasteiger partial charge < -0.3 is 19.3 Å². The van der Waals surface area contributed by atoms with Gasteiger partial charge >= 0.3 is 5.69 Å². The Morgan fingerprint density at radius 1 is 0.942 bits per heavy atom. The summed E-state index contributed by atoms with van der Waals surface area (Å²) in [5, 5.41) is 0.382. The molecule has 0 saturated carbocycles. The van der Waals surface area contributed by atoms with Gasteiger partial charge in [0.1, 0.15) is 23.8 Å². The molecule has 4 atom stereocenters. The average Bonchev–Trinajstić information content (AvgIpc) is 3.41. The molecule has 2 N–H and O–H groups in total. The van der Waals surface area contributed by atoms with Crippen LogP contribution in [0.4, 0.5) is 0 Å². The highest BCUT2D eigenvalue weighted by molar-refractivity contribution is 7.90. The van der Waals surface area contributed by atoms with E-state index in [2.05, 4.69) is 33.9 Å². The van der Waals surface area contributed by atoms with E-state index in [1.165, 1.54) is 29.2 Å². The maximum absolute atomic E-state index is 14.3. The molecule has 0 amide bonds. The fourth-order valence-corrected chi connectivity index (χ4v) is 9.70. The summed E-state index contributed by atoms with van der Waals surface area (Å²) in [6.07, 6.45) is 2.09. The van der Waals surface area contributed by atoms with Crippen LogP contribution in [0.5, 0.6) is 0 Å². The first kappa shape index (κ1) is 44.2. The number of Topliss-reactive ketones (excluding diaryl/α,β-unsaturated/α-hetero) is 2. The van der Waals surface area contributed by atoms with Crippen molar-refractivity contribution in [2.45, 2.75) is 168 Å². The van der Waals surface area contributed by atoms with Gasteiger partial charge in [0.05, 0.1) is 23.6 Å². The zero-order valence-electron chi connectivity index (χ0n) is 33.6. The van der Waals surface area contributed by atoms with Crippen molar-refractivity contribution in [3.8, 4) is 0 Å². The Kier molecular flexibility index (Phi) is 13.5. The smallest absolute Gasteiger partial charge is 0.333 e. The normalized spacial score (nSPS) is 23.8. The minimum atomic E-state index is -4.25. The highest BCUT2D eigenvalue weighted by atomic mass is 32.2. The molecule has 2 aliphatic heterocycles. The molecule has 1 aromatic heterocycles. The highest BCUT2D eigenvalue weighted by Gasteiger charge is 2.67. The first-order valence-corrected chi connectivity index (χ1v) is 25.6. The van der Waals surface area contributed by atoms with Gasteiger partial charge in [-0.3, -0.25) is 23.5 Å². The van der Waals surface area contributed by atoms with Crippen LogP contribution in [-0.2, 0) is 44.0 Å². The molecule has 1 spiro atoms. The zero-order valence-corrected chi connectivity index (χ0v) is 36.4. The summed E-state index contributed by atoms with van der Waals surface area (Å²) in [7, 11) is -9.39. The third-order valence-corrected chi connectivity index (χ3v) is 21.6. The summed E-state index contributed by atoms with van der Waals surface area (Å²) in [6, 6.07) is 0. The Bertz CT molecular complexity index is 1740. The topological polar surface area (TPSA) is 175 Å². The van der Waals surface area contributed by atoms with Crippen molar-refractivity contribution in [3.05, 3.63) is 43.7 Å². The third-order valence-electron chi connectivity index (χ3n) is 11.6. The molecule has 13 nitrogen and oxygen atoms in total. The van der Waals surface area contributed by atoms with E-state index in [1.54, 1.807) is 6.92 Å². The Morgan fingerprint density at radius 2 is 1.48 bits per heavy atom. The molecule has 1 fully saturated rings. The molecule has 16 heteroatoms. The summed E-state index contributed by atoms with van der Waals surface area (Å²) in [6.45, 7) is 25.1. The fraction of sp³-hybridized carbons (Fsp3) is 0.778. The molecule has 296 valence electrons. The van der Waals surface area contributed by atoms with Crippen LogP contribution >= 0.6 is 0 Å². The van der Waals surface area contributed by atoms with Crippen molar-refractivity contribution >= 4 is 38.3 Å². The van der Waals surface area contributed by atoms with Gasteiger partial charge in [-0.2, -0.15) is 8.42 Å². The minimum absolute atomic E-state index is 0.0681. The lowest BCUT2D eigenvalue weighted by molar-refractivity contribution is -0.130. The maximum atomic E-state index is 14.3. The largest absolute Gasteiger partial charge is 0.414 e. The number of nitrogens with zero attached hydrogens (tertiary/aromatic N) is 2. The standard InChI is InChI=1S/C36H63N3O10SSi2/c1-24-21-39(33(43)38(31(24)42)20-18-16-14-15-17-19-27(25(2)40)26(3)41)32-30(48-52(12,13)35(7,8)9)36(28(37)23-50(44,45)49-36)29(47-32)22-46-51(10,11)34(4,5)6/h21,23,27,29-30,32H,14-20,22,37H2,1-13H3/t29?,30-,32+,36?/m0/s1. The van der Waals surface area contributed by atoms with Crippen LogP contribution < -0.4 is 17.0 Å². The second kappa shape index (κ2) is 15.9. The van der Waals surface area contributed by atoms with Gasteiger partial charge in [-0.1, -0.05) is 67.2 Å². The summed E-state index contributed by atoms with van der Waals surface area (Å²) < 4.78 is 54.9. The number of ether oxygens (including phenoxy) is 1. The van der Waals surface area contributed by atoms with Crippen molar-refractivity contribution in [2.24, 2.45) is 11.7 Å². The fourth-order valence-electron chi connectivity index (χ4n) is 6.19. The van der Waals surface area contributed by atoms with Gasteiger partial charge in [-0.15, -0.1) is 0 Å². The van der Waals surface area contributed by atoms with E-state index >= 15 is 0 Å². The van der Waals surface area contributed by atoms with Crippen molar-refractivity contribution in [3.63, 3.8) is 0 Å². The predicted octanol–water partition coefficient (Wildman–Crippen LogP) is 5.66. The molecule has 52 heavy (non-hydrogen) atoms. The Morgan fingerprint density at radius 3 is 1.98 bits per heavy atom. The molecular formula is C36H63N3O10SSi2. The van der Waals surface area contributed by atoms with E-state index < -0.39 is 68.0 Å². The van der Waals surface area contributed by atoms with Crippen LogP contribution in [0.2, 0.25) is 36.3 Å². The number of carbonyl (C=O) groups is 2. The molecule has 3 heterocycles. The maximum Gasteiger partial charge on any atom is 0.333 e. The number of unbranched alkanes of at least 4 members (excludes halogenated alkanes) is 4. The SMILES string of the molecule is CC(=O)C(CCCCCCCn1c(=O)c(C)cn([C@@H]2OC(CO[Si](C)(C)C(C)(C)C)C3(OS(=O)(=O)C=C3N)[C@H]2O[Si](C)(C)C(C)(C)C)c1=O)C(C)=O. The molecule has 0 aliphatic carbocycles. The van der Waals surface area contributed by atoms with Gasteiger partial charge in [0.15, 0.2) is 28.5 Å². The van der Waals surface area contributed by atoms with Crippen LogP contribution in [0.3, 0.4) is 0 Å². The second-order valence-electron chi connectivity index (χ2n) is 17.6. The van der Waals surface area contributed by atoms with Crippen LogP contribution in [0.15, 0.2) is 26.9 Å². The summed E-state index contributed by atoms with van der Waals surface area (Å²) >= 11 is 0.